The highest BCUT2D eigenvalue weighted by Crippen LogP contribution is 2.40. The predicted molar refractivity (Wildman–Crippen MR) is 83.3 cm³/mol. The van der Waals surface area contributed by atoms with Gasteiger partial charge in [-0.05, 0) is 43.7 Å². The summed E-state index contributed by atoms with van der Waals surface area (Å²) < 4.78 is 0. The van der Waals surface area contributed by atoms with E-state index in [-0.39, 0.29) is 0 Å². The number of halogens is 2. The Labute approximate surface area is 125 Å². The Morgan fingerprint density at radius 3 is 2.74 bits per heavy atom. The number of anilines is 1. The first-order valence-electron chi connectivity index (χ1n) is 7.41. The minimum Gasteiger partial charge on any atom is -0.368 e. The van der Waals surface area contributed by atoms with Crippen LogP contribution in [0.5, 0.6) is 0 Å². The summed E-state index contributed by atoms with van der Waals surface area (Å²) in [6.45, 7) is 1.16. The van der Waals surface area contributed by atoms with E-state index in [0.29, 0.717) is 11.9 Å². The van der Waals surface area contributed by atoms with Crippen LogP contribution >= 0.6 is 23.2 Å². The fraction of sp³-hybridized carbons (Fsp3) is 0.625. The summed E-state index contributed by atoms with van der Waals surface area (Å²) >= 11 is 12.4. The molecule has 0 unspecified atom stereocenters. The van der Waals surface area contributed by atoms with Crippen LogP contribution in [0, 0.1) is 5.92 Å². The van der Waals surface area contributed by atoms with Gasteiger partial charge in [-0.15, -0.1) is 11.6 Å². The van der Waals surface area contributed by atoms with Gasteiger partial charge in [0.1, 0.15) is 0 Å². The Morgan fingerprint density at radius 2 is 1.89 bits per heavy atom. The van der Waals surface area contributed by atoms with Gasteiger partial charge in [-0.1, -0.05) is 30.5 Å². The van der Waals surface area contributed by atoms with Gasteiger partial charge in [0.15, 0.2) is 0 Å². The molecular formula is C16H21Cl2N. The van der Waals surface area contributed by atoms with Crippen molar-refractivity contribution in [3.05, 3.63) is 28.8 Å². The lowest BCUT2D eigenvalue weighted by atomic mass is 9.78. The molecule has 1 aromatic rings. The molecule has 0 radical (unpaired) electrons. The van der Waals surface area contributed by atoms with Gasteiger partial charge in [-0.3, -0.25) is 0 Å². The maximum atomic E-state index is 6.31. The Kier molecular flexibility index (Phi) is 4.24. The Hall–Kier alpha value is -0.400. The molecule has 1 aliphatic heterocycles. The molecule has 2 atom stereocenters. The van der Waals surface area contributed by atoms with Gasteiger partial charge >= 0.3 is 0 Å². The molecule has 1 saturated heterocycles. The first kappa shape index (κ1) is 13.6. The van der Waals surface area contributed by atoms with Crippen molar-refractivity contribution in [3.63, 3.8) is 0 Å². The normalized spacial score (nSPS) is 27.2. The van der Waals surface area contributed by atoms with Crippen molar-refractivity contribution in [3.8, 4) is 0 Å². The van der Waals surface area contributed by atoms with Crippen molar-refractivity contribution in [1.82, 2.24) is 0 Å². The Bertz CT molecular complexity index is 444. The van der Waals surface area contributed by atoms with E-state index in [2.05, 4.69) is 17.0 Å². The van der Waals surface area contributed by atoms with E-state index in [1.807, 2.05) is 6.07 Å². The van der Waals surface area contributed by atoms with Crippen molar-refractivity contribution in [2.75, 3.05) is 11.4 Å². The van der Waals surface area contributed by atoms with Crippen LogP contribution in [0.2, 0.25) is 5.02 Å². The number of alkyl halides is 1. The lowest BCUT2D eigenvalue weighted by Crippen LogP contribution is -2.47. The summed E-state index contributed by atoms with van der Waals surface area (Å²) in [5, 5.41) is 0.811. The molecule has 19 heavy (non-hydrogen) atoms. The van der Waals surface area contributed by atoms with Crippen molar-refractivity contribution in [2.45, 2.75) is 50.4 Å². The second-order valence-electron chi connectivity index (χ2n) is 5.82. The largest absolute Gasteiger partial charge is 0.368 e. The zero-order chi connectivity index (χ0) is 13.2. The summed E-state index contributed by atoms with van der Waals surface area (Å²) in [5.74, 6) is 1.38. The summed E-state index contributed by atoms with van der Waals surface area (Å²) in [7, 11) is 0. The van der Waals surface area contributed by atoms with E-state index < -0.39 is 0 Å². The minimum absolute atomic E-state index is 0.503. The molecule has 0 bridgehead atoms. The summed E-state index contributed by atoms with van der Waals surface area (Å²) in [6, 6.07) is 6.91. The lowest BCUT2D eigenvalue weighted by Gasteiger charge is -2.46. The van der Waals surface area contributed by atoms with E-state index in [1.165, 1.54) is 44.2 Å². The van der Waals surface area contributed by atoms with E-state index in [1.54, 1.807) is 0 Å². The topological polar surface area (TPSA) is 3.24 Å². The van der Waals surface area contributed by atoms with Crippen LogP contribution in [0.25, 0.3) is 0 Å². The molecule has 1 aliphatic carbocycles. The third kappa shape index (κ3) is 2.60. The first-order chi connectivity index (χ1) is 9.31. The summed E-state index contributed by atoms with van der Waals surface area (Å²) in [4.78, 5) is 2.59. The van der Waals surface area contributed by atoms with Gasteiger partial charge in [-0.25, -0.2) is 0 Å². The lowest BCUT2D eigenvalue weighted by molar-refractivity contribution is 0.243. The fourth-order valence-corrected chi connectivity index (χ4v) is 4.46. The fourth-order valence-electron chi connectivity index (χ4n) is 3.87. The van der Waals surface area contributed by atoms with Gasteiger partial charge in [0, 0.05) is 28.9 Å². The van der Waals surface area contributed by atoms with Crippen LogP contribution in [0.4, 0.5) is 5.69 Å². The van der Waals surface area contributed by atoms with Gasteiger partial charge in [0.2, 0.25) is 0 Å². The van der Waals surface area contributed by atoms with E-state index in [9.17, 15) is 0 Å². The average Bonchev–Trinajstić information content (AvgIpc) is 2.46. The molecule has 0 spiro atoms. The van der Waals surface area contributed by atoms with Crippen LogP contribution in [-0.4, -0.2) is 12.6 Å². The molecule has 1 heterocycles. The van der Waals surface area contributed by atoms with Crippen molar-refractivity contribution in [2.24, 2.45) is 5.92 Å². The molecule has 0 amide bonds. The zero-order valence-electron chi connectivity index (χ0n) is 11.2. The molecule has 2 fully saturated rings. The number of rotatable bonds is 2. The van der Waals surface area contributed by atoms with Gasteiger partial charge in [0.25, 0.3) is 0 Å². The highest BCUT2D eigenvalue weighted by molar-refractivity contribution is 6.32. The number of piperidine rings is 1. The number of hydrogen-bond donors (Lipinski definition) is 0. The molecule has 2 aliphatic rings. The molecule has 0 N–H and O–H groups in total. The average molecular weight is 298 g/mol. The molecule has 1 aromatic carbocycles. The van der Waals surface area contributed by atoms with Crippen LogP contribution in [0.15, 0.2) is 18.2 Å². The van der Waals surface area contributed by atoms with Gasteiger partial charge < -0.3 is 4.90 Å². The van der Waals surface area contributed by atoms with E-state index in [4.69, 9.17) is 23.2 Å². The second kappa shape index (κ2) is 5.93. The smallest absolute Gasteiger partial charge is 0.0509 e. The molecule has 1 nitrogen and oxygen atoms in total. The number of hydrogen-bond acceptors (Lipinski definition) is 1. The number of fused-ring (bicyclic) bond motifs is 1. The first-order valence-corrected chi connectivity index (χ1v) is 8.32. The predicted octanol–water partition coefficient (Wildman–Crippen LogP) is 5.24. The maximum Gasteiger partial charge on any atom is 0.0509 e. The van der Waals surface area contributed by atoms with Crippen LogP contribution in [0.1, 0.15) is 44.1 Å². The van der Waals surface area contributed by atoms with Crippen molar-refractivity contribution < 1.29 is 0 Å². The van der Waals surface area contributed by atoms with Gasteiger partial charge in [-0.2, -0.15) is 0 Å². The summed E-state index contributed by atoms with van der Waals surface area (Å²) in [5.41, 5.74) is 2.39. The molecular weight excluding hydrogens is 277 g/mol. The van der Waals surface area contributed by atoms with E-state index >= 15 is 0 Å². The number of benzene rings is 1. The van der Waals surface area contributed by atoms with Crippen LogP contribution in [-0.2, 0) is 5.88 Å². The zero-order valence-corrected chi connectivity index (χ0v) is 12.8. The minimum atomic E-state index is 0.503. The molecule has 3 heteroatoms. The monoisotopic (exact) mass is 297 g/mol. The van der Waals surface area contributed by atoms with Gasteiger partial charge in [0.05, 0.1) is 5.88 Å². The third-order valence-corrected chi connectivity index (χ3v) is 5.40. The van der Waals surface area contributed by atoms with E-state index in [0.717, 1.165) is 23.0 Å². The summed E-state index contributed by atoms with van der Waals surface area (Å²) in [6.07, 6.45) is 8.21. The van der Waals surface area contributed by atoms with Crippen molar-refractivity contribution >= 4 is 28.9 Å². The standard InChI is InChI=1S/C16H21Cl2N/c17-11-13-14(18)7-3-9-16(13)19-10-4-6-12-5-1-2-8-15(12)19/h3,7,9,12,15H,1-2,4-6,8,10-11H2/t12-,15-/m1/s1. The molecule has 1 saturated carbocycles. The Balaban J connectivity index is 1.94. The quantitative estimate of drug-likeness (QED) is 0.675. The molecule has 3 rings (SSSR count). The molecule has 104 valence electrons. The highest BCUT2D eigenvalue weighted by atomic mass is 35.5. The molecule has 0 aromatic heterocycles. The van der Waals surface area contributed by atoms with Crippen LogP contribution in [0.3, 0.4) is 0 Å². The second-order valence-corrected chi connectivity index (χ2v) is 6.49. The third-order valence-electron chi connectivity index (χ3n) is 4.78. The highest BCUT2D eigenvalue weighted by Gasteiger charge is 2.34. The SMILES string of the molecule is ClCc1c(Cl)cccc1N1CCC[C@H]2CCCC[C@H]21. The number of nitrogens with zero attached hydrogens (tertiary/aromatic N) is 1. The Morgan fingerprint density at radius 1 is 1.11 bits per heavy atom. The van der Waals surface area contributed by atoms with Crippen LogP contribution < -0.4 is 4.90 Å². The maximum absolute atomic E-state index is 6.31. The van der Waals surface area contributed by atoms with Crippen molar-refractivity contribution in [1.29, 1.82) is 0 Å².